The van der Waals surface area contributed by atoms with Crippen LogP contribution in [0.25, 0.3) is 0 Å². The summed E-state index contributed by atoms with van der Waals surface area (Å²) in [6.45, 7) is 0.315. The van der Waals surface area contributed by atoms with Crippen molar-refractivity contribution in [1.29, 1.82) is 0 Å². The summed E-state index contributed by atoms with van der Waals surface area (Å²) in [4.78, 5) is 14.0. The molecule has 0 aliphatic carbocycles. The number of amides is 1. The summed E-state index contributed by atoms with van der Waals surface area (Å²) in [5.74, 6) is -1.01. The summed E-state index contributed by atoms with van der Waals surface area (Å²) in [6.07, 6.45) is 2.99. The Hall–Kier alpha value is -2.89. The molecular formula is C17H13F2NO3. The number of rotatable bonds is 5. The SMILES string of the molecule is O=C(c1cc(F)cc(F)c1)N(Cc1ccco1)Cc1ccco1. The van der Waals surface area contributed by atoms with Gasteiger partial charge in [0, 0.05) is 11.6 Å². The molecule has 0 bridgehead atoms. The van der Waals surface area contributed by atoms with Crippen LogP contribution in [0.1, 0.15) is 21.9 Å². The van der Waals surface area contributed by atoms with Crippen LogP contribution in [0.3, 0.4) is 0 Å². The summed E-state index contributed by atoms with van der Waals surface area (Å²) in [5, 5.41) is 0. The van der Waals surface area contributed by atoms with Crippen LogP contribution >= 0.6 is 0 Å². The Kier molecular flexibility index (Phi) is 4.23. The zero-order valence-corrected chi connectivity index (χ0v) is 12.0. The van der Waals surface area contributed by atoms with Crippen molar-refractivity contribution in [3.05, 3.63) is 83.7 Å². The molecular weight excluding hydrogens is 304 g/mol. The molecule has 3 rings (SSSR count). The van der Waals surface area contributed by atoms with Gasteiger partial charge in [-0.3, -0.25) is 4.79 Å². The molecule has 0 atom stereocenters. The summed E-state index contributed by atoms with van der Waals surface area (Å²) in [5.41, 5.74) is -0.0689. The van der Waals surface area contributed by atoms with E-state index in [0.29, 0.717) is 11.5 Å². The zero-order valence-electron chi connectivity index (χ0n) is 12.0. The van der Waals surface area contributed by atoms with Gasteiger partial charge in [-0.25, -0.2) is 8.78 Å². The number of furan rings is 2. The fourth-order valence-corrected chi connectivity index (χ4v) is 2.24. The van der Waals surface area contributed by atoms with E-state index in [1.165, 1.54) is 17.4 Å². The van der Waals surface area contributed by atoms with Gasteiger partial charge in [-0.2, -0.15) is 0 Å². The van der Waals surface area contributed by atoms with E-state index < -0.39 is 17.5 Å². The minimum atomic E-state index is -0.802. The lowest BCUT2D eigenvalue weighted by Crippen LogP contribution is -2.30. The first-order valence-corrected chi connectivity index (χ1v) is 6.92. The number of hydrogen-bond donors (Lipinski definition) is 0. The summed E-state index contributed by atoms with van der Waals surface area (Å²) < 4.78 is 37.2. The maximum Gasteiger partial charge on any atom is 0.254 e. The smallest absolute Gasteiger partial charge is 0.254 e. The van der Waals surface area contributed by atoms with E-state index in [4.69, 9.17) is 8.83 Å². The van der Waals surface area contributed by atoms with Gasteiger partial charge in [-0.15, -0.1) is 0 Å². The third-order valence-corrected chi connectivity index (χ3v) is 3.25. The van der Waals surface area contributed by atoms with Crippen molar-refractivity contribution in [3.63, 3.8) is 0 Å². The molecule has 0 saturated heterocycles. The lowest BCUT2D eigenvalue weighted by atomic mass is 10.1. The first-order chi connectivity index (χ1) is 11.1. The molecule has 3 aromatic rings. The van der Waals surface area contributed by atoms with Gasteiger partial charge in [0.1, 0.15) is 23.2 Å². The predicted octanol–water partition coefficient (Wildman–Crippen LogP) is 3.99. The molecule has 23 heavy (non-hydrogen) atoms. The second-order valence-corrected chi connectivity index (χ2v) is 4.98. The third kappa shape index (κ3) is 3.66. The number of benzene rings is 1. The molecule has 0 saturated carbocycles. The highest BCUT2D eigenvalue weighted by atomic mass is 19.1. The number of hydrogen-bond acceptors (Lipinski definition) is 3. The highest BCUT2D eigenvalue weighted by Crippen LogP contribution is 2.16. The quantitative estimate of drug-likeness (QED) is 0.715. The average molecular weight is 317 g/mol. The van der Waals surface area contributed by atoms with E-state index in [0.717, 1.165) is 18.2 Å². The molecule has 2 aromatic heterocycles. The van der Waals surface area contributed by atoms with E-state index in [2.05, 4.69) is 0 Å². The fraction of sp³-hybridized carbons (Fsp3) is 0.118. The van der Waals surface area contributed by atoms with Crippen LogP contribution in [-0.2, 0) is 13.1 Å². The van der Waals surface area contributed by atoms with Crippen LogP contribution < -0.4 is 0 Å². The van der Waals surface area contributed by atoms with Crippen LogP contribution in [0.2, 0.25) is 0 Å². The molecule has 118 valence electrons. The lowest BCUT2D eigenvalue weighted by Gasteiger charge is -2.20. The molecule has 2 heterocycles. The summed E-state index contributed by atoms with van der Waals surface area (Å²) in [6, 6.07) is 9.56. The summed E-state index contributed by atoms with van der Waals surface area (Å²) in [7, 11) is 0. The van der Waals surface area contributed by atoms with Gasteiger partial charge in [-0.1, -0.05) is 0 Å². The molecule has 0 aliphatic heterocycles. The van der Waals surface area contributed by atoms with Gasteiger partial charge in [0.05, 0.1) is 25.6 Å². The molecule has 0 N–H and O–H groups in total. The largest absolute Gasteiger partial charge is 0.467 e. The Bertz CT molecular complexity index is 726. The molecule has 0 unspecified atom stereocenters. The van der Waals surface area contributed by atoms with E-state index in [9.17, 15) is 13.6 Å². The minimum Gasteiger partial charge on any atom is -0.467 e. The first kappa shape index (κ1) is 15.0. The zero-order chi connectivity index (χ0) is 16.2. The highest BCUT2D eigenvalue weighted by molar-refractivity contribution is 5.94. The van der Waals surface area contributed by atoms with Crippen molar-refractivity contribution in [2.24, 2.45) is 0 Å². The Morgan fingerprint density at radius 3 is 1.87 bits per heavy atom. The Labute approximate surface area is 130 Å². The highest BCUT2D eigenvalue weighted by Gasteiger charge is 2.20. The van der Waals surface area contributed by atoms with Crippen molar-refractivity contribution >= 4 is 5.91 Å². The van der Waals surface area contributed by atoms with E-state index in [1.807, 2.05) is 0 Å². The van der Waals surface area contributed by atoms with Gasteiger partial charge in [0.2, 0.25) is 0 Å². The lowest BCUT2D eigenvalue weighted by molar-refractivity contribution is 0.0704. The number of halogens is 2. The van der Waals surface area contributed by atoms with Crippen molar-refractivity contribution < 1.29 is 22.4 Å². The summed E-state index contributed by atoms with van der Waals surface area (Å²) >= 11 is 0. The standard InChI is InChI=1S/C17H13F2NO3/c18-13-7-12(8-14(19)9-13)17(21)20(10-15-3-1-5-22-15)11-16-4-2-6-23-16/h1-9H,10-11H2. The second kappa shape index (κ2) is 6.48. The van der Waals surface area contributed by atoms with Gasteiger partial charge in [0.25, 0.3) is 5.91 Å². The first-order valence-electron chi connectivity index (χ1n) is 6.92. The normalized spacial score (nSPS) is 10.7. The molecule has 0 fully saturated rings. The van der Waals surface area contributed by atoms with Gasteiger partial charge in [-0.05, 0) is 36.4 Å². The third-order valence-electron chi connectivity index (χ3n) is 3.25. The van der Waals surface area contributed by atoms with Crippen LogP contribution in [0.5, 0.6) is 0 Å². The number of carbonyl (C=O) groups is 1. The van der Waals surface area contributed by atoms with Crippen molar-refractivity contribution in [2.45, 2.75) is 13.1 Å². The second-order valence-electron chi connectivity index (χ2n) is 4.98. The Morgan fingerprint density at radius 2 is 1.43 bits per heavy atom. The monoisotopic (exact) mass is 317 g/mol. The molecule has 6 heteroatoms. The van der Waals surface area contributed by atoms with E-state index in [1.54, 1.807) is 24.3 Å². The van der Waals surface area contributed by atoms with E-state index in [-0.39, 0.29) is 18.7 Å². The number of nitrogens with zero attached hydrogens (tertiary/aromatic N) is 1. The van der Waals surface area contributed by atoms with Crippen molar-refractivity contribution in [1.82, 2.24) is 4.90 Å². The fourth-order valence-electron chi connectivity index (χ4n) is 2.24. The van der Waals surface area contributed by atoms with Crippen LogP contribution in [0, 0.1) is 11.6 Å². The minimum absolute atomic E-state index is 0.0689. The molecule has 0 radical (unpaired) electrons. The van der Waals surface area contributed by atoms with Crippen LogP contribution in [0.4, 0.5) is 8.78 Å². The van der Waals surface area contributed by atoms with Crippen LogP contribution in [-0.4, -0.2) is 10.8 Å². The van der Waals surface area contributed by atoms with Gasteiger partial charge < -0.3 is 13.7 Å². The Morgan fingerprint density at radius 1 is 0.913 bits per heavy atom. The maximum atomic E-state index is 13.4. The van der Waals surface area contributed by atoms with Gasteiger partial charge >= 0.3 is 0 Å². The topological polar surface area (TPSA) is 46.6 Å². The Balaban J connectivity index is 1.88. The molecule has 1 amide bonds. The van der Waals surface area contributed by atoms with Crippen molar-refractivity contribution in [3.8, 4) is 0 Å². The van der Waals surface area contributed by atoms with Crippen molar-refractivity contribution in [2.75, 3.05) is 0 Å². The average Bonchev–Trinajstić information content (AvgIpc) is 3.18. The van der Waals surface area contributed by atoms with E-state index >= 15 is 0 Å². The predicted molar refractivity (Wildman–Crippen MR) is 77.4 cm³/mol. The van der Waals surface area contributed by atoms with Gasteiger partial charge in [0.15, 0.2) is 0 Å². The molecule has 4 nitrogen and oxygen atoms in total. The molecule has 1 aromatic carbocycles. The van der Waals surface area contributed by atoms with Crippen LogP contribution in [0.15, 0.2) is 63.8 Å². The maximum absolute atomic E-state index is 13.4. The molecule has 0 spiro atoms. The molecule has 0 aliphatic rings. The number of carbonyl (C=O) groups excluding carboxylic acids is 1.